The van der Waals surface area contributed by atoms with Gasteiger partial charge in [-0.25, -0.2) is 4.98 Å². The summed E-state index contributed by atoms with van der Waals surface area (Å²) in [5.41, 5.74) is 2.05. The van der Waals surface area contributed by atoms with Gasteiger partial charge in [-0.2, -0.15) is 0 Å². The fourth-order valence-electron chi connectivity index (χ4n) is 3.76. The van der Waals surface area contributed by atoms with Crippen LogP contribution in [-0.2, 0) is 19.1 Å². The lowest BCUT2D eigenvalue weighted by Gasteiger charge is -2.24. The van der Waals surface area contributed by atoms with E-state index in [1.807, 2.05) is 31.2 Å². The van der Waals surface area contributed by atoms with Crippen molar-refractivity contribution in [2.45, 2.75) is 38.7 Å². The fraction of sp³-hybridized carbons (Fsp3) is 0.500. The lowest BCUT2D eigenvalue weighted by molar-refractivity contribution is -0.135. The van der Waals surface area contributed by atoms with E-state index in [1.165, 1.54) is 4.90 Å². The largest absolute Gasteiger partial charge is 0.390 e. The molecule has 1 unspecified atom stereocenters. The maximum absolute atomic E-state index is 12.5. The van der Waals surface area contributed by atoms with Crippen molar-refractivity contribution >= 4 is 39.9 Å². The Kier molecular flexibility index (Phi) is 7.78. The minimum Gasteiger partial charge on any atom is -0.390 e. The van der Waals surface area contributed by atoms with Crippen molar-refractivity contribution < 1.29 is 24.2 Å². The molecule has 1 aliphatic heterocycles. The third-order valence-corrected chi connectivity index (χ3v) is 5.29. The minimum atomic E-state index is -0.931. The summed E-state index contributed by atoms with van der Waals surface area (Å²) in [5, 5.41) is 14.3. The molecule has 2 amide bonds. The number of benzene rings is 1. The number of rotatable bonds is 10. The van der Waals surface area contributed by atoms with Crippen molar-refractivity contribution in [1.29, 1.82) is 0 Å². The Balaban J connectivity index is 1.94. The van der Waals surface area contributed by atoms with Crippen molar-refractivity contribution in [2.75, 3.05) is 45.8 Å². The second kappa shape index (κ2) is 10.4. The molecule has 9 nitrogen and oxygen atoms in total. The van der Waals surface area contributed by atoms with Crippen LogP contribution in [0.3, 0.4) is 0 Å². The maximum atomic E-state index is 12.5. The Morgan fingerprint density at radius 1 is 1.18 bits per heavy atom. The number of anilines is 1. The molecule has 0 saturated heterocycles. The Morgan fingerprint density at radius 2 is 1.91 bits per heavy atom. The van der Waals surface area contributed by atoms with Crippen LogP contribution in [0.25, 0.3) is 10.9 Å². The first kappa shape index (κ1) is 24.8. The lowest BCUT2D eigenvalue weighted by atomic mass is 9.84. The number of aliphatic hydroxyl groups is 1. The smallest absolute Gasteiger partial charge is 0.251 e. The topological polar surface area (TPSA) is 113 Å². The van der Waals surface area contributed by atoms with Gasteiger partial charge in [-0.3, -0.25) is 14.6 Å². The molecule has 33 heavy (non-hydrogen) atoms. The molecule has 1 aliphatic rings. The number of fused-ring (bicyclic) bond motifs is 3. The monoisotopic (exact) mass is 456 g/mol. The van der Waals surface area contributed by atoms with E-state index in [1.54, 1.807) is 27.9 Å². The molecule has 0 radical (unpaired) electrons. The van der Waals surface area contributed by atoms with Crippen LogP contribution < -0.4 is 5.32 Å². The highest BCUT2D eigenvalue weighted by atomic mass is 16.5. The number of aliphatic imine (C=N–C) groups is 1. The maximum Gasteiger partial charge on any atom is 0.251 e. The number of carbonyl (C=O) groups is 2. The highest BCUT2D eigenvalue weighted by molar-refractivity contribution is 6.08. The highest BCUT2D eigenvalue weighted by Gasteiger charge is 2.35. The van der Waals surface area contributed by atoms with Gasteiger partial charge < -0.3 is 24.8 Å². The summed E-state index contributed by atoms with van der Waals surface area (Å²) in [7, 11) is 3.24. The second-order valence-electron chi connectivity index (χ2n) is 8.88. The normalized spacial score (nSPS) is 15.3. The summed E-state index contributed by atoms with van der Waals surface area (Å²) >= 11 is 0. The molecule has 1 atom stereocenters. The quantitative estimate of drug-likeness (QED) is 0.568. The third-order valence-electron chi connectivity index (χ3n) is 5.29. The number of nitrogens with one attached hydrogen (secondary N) is 1. The van der Waals surface area contributed by atoms with Gasteiger partial charge in [0.25, 0.3) is 5.91 Å². The standard InChI is InChI=1S/C24H32N4O5/c1-6-32-12-18-16(11-24(2,3)31)21-15-9-7-8-10-17(15)26-23(22(21)25-18)27-19(29)13-33-14-20(30)28(4)5/h7-10,16,31H,6,11-14H2,1-5H3,(H,26,27,29). The molecule has 2 aromatic rings. The number of ether oxygens (including phenoxy) is 2. The zero-order chi connectivity index (χ0) is 24.2. The van der Waals surface area contributed by atoms with E-state index >= 15 is 0 Å². The summed E-state index contributed by atoms with van der Waals surface area (Å²) in [4.78, 5) is 35.0. The summed E-state index contributed by atoms with van der Waals surface area (Å²) < 4.78 is 10.9. The van der Waals surface area contributed by atoms with Gasteiger partial charge in [0.05, 0.1) is 23.4 Å². The van der Waals surface area contributed by atoms with Gasteiger partial charge in [-0.05, 0) is 38.8 Å². The van der Waals surface area contributed by atoms with Gasteiger partial charge in [0.15, 0.2) is 5.82 Å². The first-order chi connectivity index (χ1) is 15.6. The van der Waals surface area contributed by atoms with E-state index in [-0.39, 0.29) is 25.0 Å². The first-order valence-electron chi connectivity index (χ1n) is 11.0. The molecule has 178 valence electrons. The highest BCUT2D eigenvalue weighted by Crippen LogP contribution is 2.46. The van der Waals surface area contributed by atoms with Crippen molar-refractivity contribution in [3.05, 3.63) is 29.8 Å². The number of carbonyl (C=O) groups excluding carboxylic acids is 2. The molecule has 9 heteroatoms. The van der Waals surface area contributed by atoms with Gasteiger partial charge in [0, 0.05) is 32.0 Å². The van der Waals surface area contributed by atoms with E-state index < -0.39 is 11.5 Å². The number of hydrogen-bond donors (Lipinski definition) is 2. The summed E-state index contributed by atoms with van der Waals surface area (Å²) in [6.07, 6.45) is 0.447. The van der Waals surface area contributed by atoms with Crippen LogP contribution in [0.4, 0.5) is 11.5 Å². The number of aromatic nitrogens is 1. The van der Waals surface area contributed by atoms with Gasteiger partial charge in [0.1, 0.15) is 18.9 Å². The SMILES string of the molecule is CCOCC1=Nc2c(NC(=O)COCC(=O)N(C)C)nc3ccccc3c2C1CC(C)(C)O. The molecule has 2 heterocycles. The van der Waals surface area contributed by atoms with Crippen LogP contribution in [0.15, 0.2) is 29.3 Å². The van der Waals surface area contributed by atoms with Crippen molar-refractivity contribution in [2.24, 2.45) is 4.99 Å². The average molecular weight is 457 g/mol. The molecule has 0 aliphatic carbocycles. The first-order valence-corrected chi connectivity index (χ1v) is 11.0. The molecule has 0 bridgehead atoms. The Bertz CT molecular complexity index is 1060. The van der Waals surface area contributed by atoms with Gasteiger partial charge in [-0.15, -0.1) is 0 Å². The van der Waals surface area contributed by atoms with Crippen LogP contribution >= 0.6 is 0 Å². The Labute approximate surface area is 193 Å². The van der Waals surface area contributed by atoms with Gasteiger partial charge in [-0.1, -0.05) is 18.2 Å². The van der Waals surface area contributed by atoms with E-state index in [0.717, 1.165) is 16.7 Å². The van der Waals surface area contributed by atoms with Crippen molar-refractivity contribution in [1.82, 2.24) is 9.88 Å². The number of amides is 2. The van der Waals surface area contributed by atoms with E-state index in [4.69, 9.17) is 14.5 Å². The molecule has 0 saturated carbocycles. The molecular formula is C24H32N4O5. The summed E-state index contributed by atoms with van der Waals surface area (Å²) in [6.45, 7) is 5.83. The van der Waals surface area contributed by atoms with Crippen LogP contribution in [-0.4, -0.2) is 78.6 Å². The van der Waals surface area contributed by atoms with E-state index in [2.05, 4.69) is 10.3 Å². The summed E-state index contributed by atoms with van der Waals surface area (Å²) in [6, 6.07) is 7.66. The number of para-hydroxylation sites is 1. The third kappa shape index (κ3) is 6.13. The Hall–Kier alpha value is -2.88. The minimum absolute atomic E-state index is 0.177. The lowest BCUT2D eigenvalue weighted by Crippen LogP contribution is -2.28. The predicted octanol–water partition coefficient (Wildman–Crippen LogP) is 2.65. The van der Waals surface area contributed by atoms with Gasteiger partial charge in [0.2, 0.25) is 5.91 Å². The fourth-order valence-corrected chi connectivity index (χ4v) is 3.76. The number of likely N-dealkylation sites (N-methyl/N-ethyl adjacent to an activating group) is 1. The van der Waals surface area contributed by atoms with Crippen LogP contribution in [0.1, 0.15) is 38.7 Å². The van der Waals surface area contributed by atoms with Gasteiger partial charge >= 0.3 is 0 Å². The number of hydrogen-bond acceptors (Lipinski definition) is 7. The number of pyridine rings is 1. The van der Waals surface area contributed by atoms with Crippen molar-refractivity contribution in [3.63, 3.8) is 0 Å². The number of nitrogens with zero attached hydrogens (tertiary/aromatic N) is 3. The van der Waals surface area contributed by atoms with Crippen LogP contribution in [0.5, 0.6) is 0 Å². The predicted molar refractivity (Wildman–Crippen MR) is 127 cm³/mol. The van der Waals surface area contributed by atoms with E-state index in [9.17, 15) is 14.7 Å². The molecule has 0 spiro atoms. The zero-order valence-corrected chi connectivity index (χ0v) is 19.8. The molecule has 0 fully saturated rings. The van der Waals surface area contributed by atoms with Crippen molar-refractivity contribution in [3.8, 4) is 0 Å². The average Bonchev–Trinajstić information content (AvgIpc) is 3.09. The van der Waals surface area contributed by atoms with Crippen LogP contribution in [0.2, 0.25) is 0 Å². The molecular weight excluding hydrogens is 424 g/mol. The van der Waals surface area contributed by atoms with E-state index in [0.29, 0.717) is 36.7 Å². The molecule has 1 aromatic heterocycles. The Morgan fingerprint density at radius 3 is 2.58 bits per heavy atom. The van der Waals surface area contributed by atoms with Crippen LogP contribution in [0, 0.1) is 0 Å². The second-order valence-corrected chi connectivity index (χ2v) is 8.88. The summed E-state index contributed by atoms with van der Waals surface area (Å²) in [5.74, 6) is -0.515. The molecule has 3 rings (SSSR count). The molecule has 2 N–H and O–H groups in total. The zero-order valence-electron chi connectivity index (χ0n) is 19.8. The molecule has 1 aromatic carbocycles.